The van der Waals surface area contributed by atoms with Crippen LogP contribution in [0.25, 0.3) is 21.6 Å². The van der Waals surface area contributed by atoms with Crippen LogP contribution in [0, 0.1) is 5.41 Å². The maximum absolute atomic E-state index is 13.0. The first-order valence-electron chi connectivity index (χ1n) is 12.3. The van der Waals surface area contributed by atoms with Crippen LogP contribution in [0.3, 0.4) is 0 Å². The van der Waals surface area contributed by atoms with Gasteiger partial charge in [-0.25, -0.2) is 15.0 Å². The lowest BCUT2D eigenvalue weighted by Crippen LogP contribution is -2.54. The minimum Gasteiger partial charge on any atom is -0.454 e. The molecule has 14 nitrogen and oxygen atoms in total. The van der Waals surface area contributed by atoms with Crippen molar-refractivity contribution >= 4 is 28.9 Å². The summed E-state index contributed by atoms with van der Waals surface area (Å²) in [6, 6.07) is 7.97. The second kappa shape index (κ2) is 10.6. The van der Waals surface area contributed by atoms with Crippen molar-refractivity contribution in [1.82, 2.24) is 19.5 Å². The molecule has 2 aliphatic heterocycles. The number of benzene rings is 1. The minimum absolute atomic E-state index is 0.115. The van der Waals surface area contributed by atoms with Crippen molar-refractivity contribution in [2.45, 2.75) is 57.5 Å². The maximum Gasteiger partial charge on any atom is 0.311 e. The van der Waals surface area contributed by atoms with Gasteiger partial charge in [0.05, 0.1) is 30.5 Å². The number of azide groups is 1. The molecule has 6 atom stereocenters. The zero-order valence-electron chi connectivity index (χ0n) is 21.8. The van der Waals surface area contributed by atoms with E-state index < -0.39 is 48.1 Å². The lowest BCUT2D eigenvalue weighted by molar-refractivity contribution is -0.173. The van der Waals surface area contributed by atoms with Crippen molar-refractivity contribution in [2.24, 2.45) is 10.5 Å². The summed E-state index contributed by atoms with van der Waals surface area (Å²) < 4.78 is 25.4. The van der Waals surface area contributed by atoms with Gasteiger partial charge in [-0.1, -0.05) is 23.3 Å². The Balaban J connectivity index is 1.52. The third-order valence-corrected chi connectivity index (χ3v) is 6.64. The van der Waals surface area contributed by atoms with E-state index in [2.05, 4.69) is 30.3 Å². The fourth-order valence-electron chi connectivity index (χ4n) is 4.60. The number of ether oxygens (including phenoxy) is 4. The third-order valence-electron chi connectivity index (χ3n) is 6.64. The van der Waals surface area contributed by atoms with Gasteiger partial charge in [0.15, 0.2) is 29.3 Å². The molecule has 2 aliphatic rings. The van der Waals surface area contributed by atoms with Crippen molar-refractivity contribution in [3.05, 3.63) is 59.0 Å². The van der Waals surface area contributed by atoms with Crippen LogP contribution >= 0.6 is 0 Å². The summed E-state index contributed by atoms with van der Waals surface area (Å²) in [6.07, 6.45) is -1.19. The quantitative estimate of drug-likeness (QED) is 0.215. The van der Waals surface area contributed by atoms with E-state index in [1.165, 1.54) is 19.8 Å². The van der Waals surface area contributed by atoms with Crippen LogP contribution in [0.2, 0.25) is 0 Å². The maximum atomic E-state index is 13.0. The molecule has 14 heteroatoms. The number of carbonyl (C=O) groups excluding carboxylic acids is 2. The smallest absolute Gasteiger partial charge is 0.311 e. The standard InChI is InChI=1S/C25H28N8O6/c1-25(2,3)24(35)39-19-18-17(15(31-32-26)14(36-4)10-37-18)38-23(19)33-12-29-16-20(27-11-28-21(16)33)30-22(34)13-8-6-5-7-9-13/h5-9,11-12,14-15,17-19,23H,10H2,1-4H3,(H,27,28,30,34)/t14-,15-,17-,18-,19-,23-/m1/s1. The molecule has 2 fully saturated rings. The van der Waals surface area contributed by atoms with Crippen molar-refractivity contribution < 1.29 is 28.5 Å². The van der Waals surface area contributed by atoms with Crippen LogP contribution in [0.1, 0.15) is 37.4 Å². The molecule has 1 N–H and O–H groups in total. The summed E-state index contributed by atoms with van der Waals surface area (Å²) in [7, 11) is 1.49. The number of methoxy groups -OCH3 is 1. The topological polar surface area (TPSA) is 175 Å². The average molecular weight is 537 g/mol. The highest BCUT2D eigenvalue weighted by atomic mass is 16.6. The van der Waals surface area contributed by atoms with Crippen LogP contribution in [0.5, 0.6) is 0 Å². The number of hydrogen-bond donors (Lipinski definition) is 1. The summed E-state index contributed by atoms with van der Waals surface area (Å²) in [5.74, 6) is -0.621. The number of hydrogen-bond acceptors (Lipinski definition) is 10. The van der Waals surface area contributed by atoms with Crippen LogP contribution in [-0.2, 0) is 23.7 Å². The van der Waals surface area contributed by atoms with Crippen LogP contribution < -0.4 is 5.32 Å². The lowest BCUT2D eigenvalue weighted by atomic mass is 9.95. The van der Waals surface area contributed by atoms with Gasteiger partial charge in [-0.05, 0) is 38.4 Å². The van der Waals surface area contributed by atoms with E-state index in [1.807, 2.05) is 6.07 Å². The molecule has 0 spiro atoms. The average Bonchev–Trinajstić information content (AvgIpc) is 3.51. The number of esters is 1. The van der Waals surface area contributed by atoms with Crippen LogP contribution in [0.15, 0.2) is 48.1 Å². The van der Waals surface area contributed by atoms with Crippen molar-refractivity contribution in [3.63, 3.8) is 0 Å². The number of nitrogens with one attached hydrogen (secondary N) is 1. The number of fused-ring (bicyclic) bond motifs is 2. The highest BCUT2D eigenvalue weighted by molar-refractivity contribution is 6.06. The Labute approximate surface area is 223 Å². The largest absolute Gasteiger partial charge is 0.454 e. The molecule has 204 valence electrons. The van der Waals surface area contributed by atoms with Gasteiger partial charge in [0.25, 0.3) is 5.91 Å². The molecule has 0 saturated carbocycles. The van der Waals surface area contributed by atoms with Gasteiger partial charge in [-0.2, -0.15) is 0 Å². The monoisotopic (exact) mass is 536 g/mol. The highest BCUT2D eigenvalue weighted by Gasteiger charge is 2.56. The number of carbonyl (C=O) groups is 2. The first-order chi connectivity index (χ1) is 18.7. The van der Waals surface area contributed by atoms with Gasteiger partial charge in [0.1, 0.15) is 18.5 Å². The minimum atomic E-state index is -0.934. The fraction of sp³-hybridized carbons (Fsp3) is 0.480. The van der Waals surface area contributed by atoms with Gasteiger partial charge in [-0.15, -0.1) is 0 Å². The molecule has 0 unspecified atom stereocenters. The fourth-order valence-corrected chi connectivity index (χ4v) is 4.60. The summed E-state index contributed by atoms with van der Waals surface area (Å²) in [5, 5.41) is 6.67. The molecule has 0 radical (unpaired) electrons. The van der Waals surface area contributed by atoms with Gasteiger partial charge >= 0.3 is 5.97 Å². The Morgan fingerprint density at radius 3 is 2.64 bits per heavy atom. The number of nitrogens with zero attached hydrogens (tertiary/aromatic N) is 7. The summed E-state index contributed by atoms with van der Waals surface area (Å²) in [4.78, 5) is 41.7. The van der Waals surface area contributed by atoms with Gasteiger partial charge < -0.3 is 24.3 Å². The molecule has 0 bridgehead atoms. The van der Waals surface area contributed by atoms with E-state index in [-0.39, 0.29) is 18.3 Å². The molecule has 1 aromatic carbocycles. The number of aromatic nitrogens is 4. The first kappa shape index (κ1) is 26.5. The van der Waals surface area contributed by atoms with E-state index in [0.717, 1.165) is 0 Å². The SMILES string of the molecule is CO[C@@H]1CO[C@@H]2[C@H](O[C@@H](n3cnc4c(NC(=O)c5ccccc5)ncnc43)[C@@H]2OC(=O)C(C)(C)C)[C@@H]1N=[N+]=[N-]. The summed E-state index contributed by atoms with van der Waals surface area (Å²) >= 11 is 0. The third kappa shape index (κ3) is 5.02. The van der Waals surface area contributed by atoms with E-state index in [4.69, 9.17) is 18.9 Å². The summed E-state index contributed by atoms with van der Waals surface area (Å²) in [6.45, 7) is 5.34. The molecule has 1 amide bonds. The van der Waals surface area contributed by atoms with Crippen molar-refractivity contribution in [3.8, 4) is 0 Å². The second-order valence-electron chi connectivity index (χ2n) is 10.2. The molecular formula is C25H28N8O6. The molecular weight excluding hydrogens is 508 g/mol. The number of imidazole rings is 1. The molecule has 3 aromatic rings. The Kier molecular flexibility index (Phi) is 7.19. The number of rotatable bonds is 6. The molecule has 2 saturated heterocycles. The van der Waals surface area contributed by atoms with Crippen molar-refractivity contribution in [2.75, 3.05) is 19.0 Å². The van der Waals surface area contributed by atoms with Gasteiger partial charge in [-0.3, -0.25) is 14.2 Å². The first-order valence-corrected chi connectivity index (χ1v) is 12.3. The predicted molar refractivity (Wildman–Crippen MR) is 136 cm³/mol. The Hall–Kier alpha value is -4.10. The number of amides is 1. The normalized spacial score (nSPS) is 26.5. The van der Waals surface area contributed by atoms with E-state index in [1.54, 1.807) is 49.6 Å². The summed E-state index contributed by atoms with van der Waals surface area (Å²) in [5.41, 5.74) is 9.49. The molecule has 5 rings (SSSR count). The van der Waals surface area contributed by atoms with E-state index >= 15 is 0 Å². The second-order valence-corrected chi connectivity index (χ2v) is 10.2. The Morgan fingerprint density at radius 1 is 1.18 bits per heavy atom. The molecule has 0 aliphatic carbocycles. The van der Waals surface area contributed by atoms with E-state index in [9.17, 15) is 15.1 Å². The van der Waals surface area contributed by atoms with Gasteiger partial charge in [0.2, 0.25) is 0 Å². The highest BCUT2D eigenvalue weighted by Crippen LogP contribution is 2.41. The van der Waals surface area contributed by atoms with Crippen LogP contribution in [0.4, 0.5) is 5.82 Å². The number of anilines is 1. The zero-order valence-corrected chi connectivity index (χ0v) is 21.8. The van der Waals surface area contributed by atoms with Crippen LogP contribution in [-0.4, -0.2) is 75.6 Å². The Bertz CT molecular complexity index is 1420. The van der Waals surface area contributed by atoms with Crippen molar-refractivity contribution in [1.29, 1.82) is 0 Å². The Morgan fingerprint density at radius 2 is 1.95 bits per heavy atom. The molecule has 4 heterocycles. The molecule has 39 heavy (non-hydrogen) atoms. The predicted octanol–water partition coefficient (Wildman–Crippen LogP) is 3.03. The molecule has 2 aromatic heterocycles. The van der Waals surface area contributed by atoms with Gasteiger partial charge in [0, 0.05) is 17.6 Å². The lowest BCUT2D eigenvalue weighted by Gasteiger charge is -2.36. The van der Waals surface area contributed by atoms with E-state index in [0.29, 0.717) is 16.7 Å². The zero-order chi connectivity index (χ0) is 27.7.